The largest absolute Gasteiger partial charge is 0.325 e. The molecule has 0 radical (unpaired) electrons. The molecule has 0 saturated carbocycles. The molecule has 0 atom stereocenters. The molecule has 3 aromatic carbocycles. The molecule has 0 unspecified atom stereocenters. The average Bonchev–Trinajstić information content (AvgIpc) is 3.24. The predicted octanol–water partition coefficient (Wildman–Crippen LogP) is 5.06. The molecule has 7 nitrogen and oxygen atoms in total. The topological polar surface area (TPSA) is 100 Å². The average molecular weight is 550 g/mol. The van der Waals surface area contributed by atoms with Gasteiger partial charge < -0.3 is 10.2 Å². The van der Waals surface area contributed by atoms with Crippen molar-refractivity contribution in [3.8, 4) is 12.1 Å². The second kappa shape index (κ2) is 11.2. The molecule has 208 valence electrons. The van der Waals surface area contributed by atoms with Crippen molar-refractivity contribution in [2.24, 2.45) is 0 Å². The van der Waals surface area contributed by atoms with E-state index >= 15 is 0 Å². The number of urea groups is 1. The van der Waals surface area contributed by atoms with Crippen LogP contribution in [-0.2, 0) is 15.7 Å². The third-order valence-corrected chi connectivity index (χ3v) is 8.47. The molecule has 1 N–H and O–H groups in total. The number of hydrogen-bond donors (Lipinski definition) is 1. The highest BCUT2D eigenvalue weighted by Crippen LogP contribution is 2.38. The van der Waals surface area contributed by atoms with Gasteiger partial charge in [-0.25, -0.2) is 9.18 Å². The zero-order chi connectivity index (χ0) is 29.2. The molecule has 5 rings (SSSR count). The highest BCUT2D eigenvalue weighted by molar-refractivity contribution is 6.09. The second-order valence-corrected chi connectivity index (χ2v) is 11.1. The molecule has 2 aliphatic heterocycles. The summed E-state index contributed by atoms with van der Waals surface area (Å²) in [6.07, 6.45) is 1.60. The molecular weight excluding hydrogens is 517 g/mol. The van der Waals surface area contributed by atoms with Crippen LogP contribution in [-0.4, -0.2) is 47.9 Å². The molecular formula is C33H32FN5O2. The van der Waals surface area contributed by atoms with Crippen molar-refractivity contribution in [3.63, 3.8) is 0 Å². The molecule has 2 aliphatic rings. The van der Waals surface area contributed by atoms with Crippen molar-refractivity contribution in [3.05, 3.63) is 106 Å². The Kier molecular flexibility index (Phi) is 7.62. The monoisotopic (exact) mass is 549 g/mol. The van der Waals surface area contributed by atoms with Gasteiger partial charge in [0.2, 0.25) is 0 Å². The lowest BCUT2D eigenvalue weighted by Crippen LogP contribution is -2.45. The zero-order valence-corrected chi connectivity index (χ0v) is 23.3. The van der Waals surface area contributed by atoms with Crippen LogP contribution >= 0.6 is 0 Å². The van der Waals surface area contributed by atoms with Crippen LogP contribution < -0.4 is 5.32 Å². The minimum Gasteiger partial charge on any atom is -0.315 e. The molecule has 41 heavy (non-hydrogen) atoms. The minimum absolute atomic E-state index is 0.198. The zero-order valence-electron chi connectivity index (χ0n) is 23.3. The summed E-state index contributed by atoms with van der Waals surface area (Å²) in [5, 5.41) is 22.6. The lowest BCUT2D eigenvalue weighted by molar-refractivity contribution is -0.130. The van der Waals surface area contributed by atoms with Crippen LogP contribution in [0.5, 0.6) is 0 Å². The van der Waals surface area contributed by atoms with E-state index in [4.69, 9.17) is 0 Å². The Hall–Kier alpha value is -4.53. The maximum atomic E-state index is 14.0. The van der Waals surface area contributed by atoms with Crippen molar-refractivity contribution >= 4 is 11.9 Å². The summed E-state index contributed by atoms with van der Waals surface area (Å²) in [5.74, 6) is -0.789. The first-order valence-electron chi connectivity index (χ1n) is 13.8. The van der Waals surface area contributed by atoms with Crippen LogP contribution in [0.25, 0.3) is 0 Å². The number of nitrogens with zero attached hydrogens (tertiary/aromatic N) is 4. The van der Waals surface area contributed by atoms with Crippen molar-refractivity contribution in [2.75, 3.05) is 26.2 Å². The van der Waals surface area contributed by atoms with Crippen molar-refractivity contribution in [2.45, 2.75) is 44.1 Å². The first-order valence-corrected chi connectivity index (χ1v) is 13.8. The van der Waals surface area contributed by atoms with Gasteiger partial charge in [-0.2, -0.15) is 10.5 Å². The van der Waals surface area contributed by atoms with Gasteiger partial charge in [0.15, 0.2) is 5.54 Å². The van der Waals surface area contributed by atoms with Gasteiger partial charge in [0, 0.05) is 6.54 Å². The summed E-state index contributed by atoms with van der Waals surface area (Å²) >= 11 is 0. The maximum absolute atomic E-state index is 14.0. The molecule has 2 saturated heterocycles. The Morgan fingerprint density at radius 1 is 0.878 bits per heavy atom. The molecule has 2 heterocycles. The Morgan fingerprint density at radius 3 is 2.00 bits per heavy atom. The third-order valence-electron chi connectivity index (χ3n) is 8.47. The molecule has 3 amide bonds. The summed E-state index contributed by atoms with van der Waals surface area (Å²) in [7, 11) is 0. The highest BCUT2D eigenvalue weighted by atomic mass is 19.1. The van der Waals surface area contributed by atoms with E-state index in [1.165, 1.54) is 17.0 Å². The number of carbonyl (C=O) groups is 2. The first kappa shape index (κ1) is 28.0. The summed E-state index contributed by atoms with van der Waals surface area (Å²) < 4.78 is 13.7. The second-order valence-electron chi connectivity index (χ2n) is 11.1. The van der Waals surface area contributed by atoms with Crippen molar-refractivity contribution in [1.82, 2.24) is 15.1 Å². The van der Waals surface area contributed by atoms with E-state index in [1.807, 2.05) is 68.4 Å². The van der Waals surface area contributed by atoms with Crippen molar-refractivity contribution in [1.29, 1.82) is 10.5 Å². The normalized spacial score (nSPS) is 18.0. The van der Waals surface area contributed by atoms with E-state index in [9.17, 15) is 24.5 Å². The van der Waals surface area contributed by atoms with Crippen LogP contribution in [0, 0.1) is 42.3 Å². The van der Waals surface area contributed by atoms with Gasteiger partial charge in [-0.3, -0.25) is 9.69 Å². The fourth-order valence-electron chi connectivity index (χ4n) is 6.02. The van der Waals surface area contributed by atoms with Gasteiger partial charge in [-0.1, -0.05) is 65.7 Å². The number of rotatable bonds is 7. The van der Waals surface area contributed by atoms with E-state index in [1.54, 1.807) is 6.07 Å². The number of likely N-dealkylation sites (tertiary alicyclic amines) is 1. The molecule has 8 heteroatoms. The van der Waals surface area contributed by atoms with Crippen LogP contribution in [0.4, 0.5) is 9.18 Å². The van der Waals surface area contributed by atoms with E-state index in [0.717, 1.165) is 11.1 Å². The van der Waals surface area contributed by atoms with Crippen LogP contribution in [0.3, 0.4) is 0 Å². The highest BCUT2D eigenvalue weighted by Gasteiger charge is 2.53. The number of halogens is 1. The van der Waals surface area contributed by atoms with E-state index < -0.39 is 22.8 Å². The van der Waals surface area contributed by atoms with E-state index in [0.29, 0.717) is 55.6 Å². The first-order chi connectivity index (χ1) is 19.7. The van der Waals surface area contributed by atoms with E-state index in [2.05, 4.69) is 16.3 Å². The number of carbonyl (C=O) groups excluding carboxylic acids is 2. The van der Waals surface area contributed by atoms with Gasteiger partial charge in [0.05, 0.1) is 23.1 Å². The number of hydrogen-bond acceptors (Lipinski definition) is 5. The lowest BCUT2D eigenvalue weighted by atomic mass is 9.72. The van der Waals surface area contributed by atoms with Crippen LogP contribution in [0.1, 0.15) is 52.6 Å². The molecule has 2 fully saturated rings. The Balaban J connectivity index is 1.27. The molecule has 3 aromatic rings. The lowest BCUT2D eigenvalue weighted by Gasteiger charge is -2.38. The fraction of sp³-hybridized carbons (Fsp3) is 0.333. The Morgan fingerprint density at radius 2 is 1.46 bits per heavy atom. The van der Waals surface area contributed by atoms with Gasteiger partial charge in [-0.15, -0.1) is 0 Å². The predicted molar refractivity (Wildman–Crippen MR) is 152 cm³/mol. The standard InChI is InChI=1S/C33H32FN5O2/c1-23-4-8-26(9-5-23)33(27-10-6-24(2)7-11-27)30(40)39(31(41)37-33)17-3-16-38-18-14-32(22-36,15-19-38)29-13-12-28(34)20-25(29)21-35/h4-13,20H,3,14-19H2,1-2H3,(H,37,41). The molecule has 0 bridgehead atoms. The smallest absolute Gasteiger partial charge is 0.315 e. The number of amides is 3. The van der Waals surface area contributed by atoms with Crippen LogP contribution in [0.15, 0.2) is 66.7 Å². The molecule has 0 aromatic heterocycles. The number of nitrogens with one attached hydrogen (secondary N) is 1. The minimum atomic E-state index is -1.29. The number of imide groups is 1. The van der Waals surface area contributed by atoms with Gasteiger partial charge in [0.1, 0.15) is 5.82 Å². The summed E-state index contributed by atoms with van der Waals surface area (Å²) in [6.45, 7) is 6.11. The Bertz CT molecular complexity index is 1500. The van der Waals surface area contributed by atoms with Gasteiger partial charge >= 0.3 is 6.03 Å². The number of nitriles is 2. The summed E-state index contributed by atoms with van der Waals surface area (Å²) in [4.78, 5) is 30.7. The number of benzene rings is 3. The van der Waals surface area contributed by atoms with Crippen LogP contribution in [0.2, 0.25) is 0 Å². The quantitative estimate of drug-likeness (QED) is 0.416. The summed E-state index contributed by atoms with van der Waals surface area (Å²) in [5.41, 5.74) is 2.20. The summed E-state index contributed by atoms with van der Waals surface area (Å²) in [6, 6.07) is 23.4. The maximum Gasteiger partial charge on any atom is 0.325 e. The molecule has 0 spiro atoms. The van der Waals surface area contributed by atoms with E-state index in [-0.39, 0.29) is 18.0 Å². The number of piperidine rings is 1. The number of aryl methyl sites for hydroxylation is 2. The Labute approximate surface area is 239 Å². The van der Waals surface area contributed by atoms with Crippen molar-refractivity contribution < 1.29 is 14.0 Å². The fourth-order valence-corrected chi connectivity index (χ4v) is 6.02. The SMILES string of the molecule is Cc1ccc(C2(c3ccc(C)cc3)NC(=O)N(CCCN3CCC(C#N)(c4ccc(F)cc4C#N)CC3)C2=O)cc1. The van der Waals surface area contributed by atoms with Gasteiger partial charge in [0.25, 0.3) is 5.91 Å². The third kappa shape index (κ3) is 5.08. The van der Waals surface area contributed by atoms with Gasteiger partial charge in [-0.05, 0) is 81.6 Å². The molecule has 0 aliphatic carbocycles.